The quantitative estimate of drug-likeness (QED) is 0.698. The third-order valence-corrected chi connectivity index (χ3v) is 5.12. The molecule has 0 aliphatic heterocycles. The van der Waals surface area contributed by atoms with Crippen LogP contribution in [0.5, 0.6) is 0 Å². The molecule has 8 heteroatoms. The first kappa shape index (κ1) is 17.1. The zero-order chi connectivity index (χ0) is 18.4. The van der Waals surface area contributed by atoms with Crippen molar-refractivity contribution in [2.75, 3.05) is 11.1 Å². The number of anilines is 2. The Morgan fingerprint density at radius 1 is 1.31 bits per heavy atom. The van der Waals surface area contributed by atoms with Crippen molar-refractivity contribution in [3.63, 3.8) is 0 Å². The molecule has 1 aliphatic rings. The molecule has 2 heterocycles. The lowest BCUT2D eigenvalue weighted by molar-refractivity contribution is 0.636. The summed E-state index contributed by atoms with van der Waals surface area (Å²) in [5.74, 6) is 0.571. The highest BCUT2D eigenvalue weighted by molar-refractivity contribution is 6.35. The Morgan fingerprint density at radius 2 is 2.08 bits per heavy atom. The molecular weight excluding hydrogens is 373 g/mol. The Labute approximate surface area is 160 Å². The van der Waals surface area contributed by atoms with Gasteiger partial charge in [-0.05, 0) is 37.3 Å². The number of nitrogens with two attached hydrogens (primary N) is 1. The fraction of sp³-hybridized carbons (Fsp3) is 0.278. The third-order valence-electron chi connectivity index (χ3n) is 4.53. The van der Waals surface area contributed by atoms with Gasteiger partial charge in [0.05, 0.1) is 22.6 Å². The van der Waals surface area contributed by atoms with Crippen LogP contribution in [0, 0.1) is 0 Å². The van der Waals surface area contributed by atoms with Crippen LogP contribution in [0.15, 0.2) is 35.3 Å². The number of nitrogens with zero attached hydrogens (tertiary/aromatic N) is 3. The number of hydrogen-bond acceptors (Lipinski definition) is 5. The Hall–Kier alpha value is -2.31. The summed E-state index contributed by atoms with van der Waals surface area (Å²) in [5, 5.41) is 5.46. The Balaban J connectivity index is 1.84. The highest BCUT2D eigenvalue weighted by Gasteiger charge is 2.29. The molecule has 2 aromatic heterocycles. The first-order chi connectivity index (χ1) is 12.5. The predicted octanol–water partition coefficient (Wildman–Crippen LogP) is 4.19. The van der Waals surface area contributed by atoms with Crippen LogP contribution in [-0.2, 0) is 0 Å². The Morgan fingerprint density at radius 3 is 2.81 bits per heavy atom. The van der Waals surface area contributed by atoms with Crippen LogP contribution in [0.25, 0.3) is 10.8 Å². The van der Waals surface area contributed by atoms with Gasteiger partial charge in [0.2, 0.25) is 5.95 Å². The van der Waals surface area contributed by atoms with Crippen LogP contribution in [-0.4, -0.2) is 14.5 Å². The summed E-state index contributed by atoms with van der Waals surface area (Å²) in [6.07, 6.45) is 3.42. The molecule has 4 rings (SSSR count). The molecule has 1 aromatic carbocycles. The van der Waals surface area contributed by atoms with Crippen molar-refractivity contribution < 1.29 is 0 Å². The van der Waals surface area contributed by atoms with Crippen molar-refractivity contribution in [3.8, 4) is 0 Å². The second kappa shape index (κ2) is 6.45. The maximum atomic E-state index is 13.1. The molecule has 1 saturated carbocycles. The number of benzene rings is 1. The first-order valence-electron chi connectivity index (χ1n) is 8.34. The maximum absolute atomic E-state index is 13.1. The van der Waals surface area contributed by atoms with Crippen molar-refractivity contribution in [3.05, 3.63) is 56.6 Å². The summed E-state index contributed by atoms with van der Waals surface area (Å²) in [5.41, 5.74) is 6.45. The number of rotatable bonds is 4. The van der Waals surface area contributed by atoms with Gasteiger partial charge < -0.3 is 15.6 Å². The summed E-state index contributed by atoms with van der Waals surface area (Å²) in [7, 11) is 0. The number of pyridine rings is 1. The van der Waals surface area contributed by atoms with Crippen molar-refractivity contribution in [1.82, 2.24) is 14.5 Å². The number of nitrogens with one attached hydrogen (secondary N) is 1. The lowest BCUT2D eigenvalue weighted by atomic mass is 10.1. The highest BCUT2D eigenvalue weighted by Crippen LogP contribution is 2.38. The molecule has 0 saturated heterocycles. The molecule has 26 heavy (non-hydrogen) atoms. The number of aromatic nitrogens is 3. The third kappa shape index (κ3) is 2.99. The predicted molar refractivity (Wildman–Crippen MR) is 105 cm³/mol. The summed E-state index contributed by atoms with van der Waals surface area (Å²) >= 11 is 12.4. The molecule has 3 aromatic rings. The molecule has 0 unspecified atom stereocenters. The molecule has 0 bridgehead atoms. The SMILES string of the molecule is C[C@H](Nc1nc(N)ncc1Cl)c1cc2cccc(Cl)c2c(=O)n1C1CC1. The van der Waals surface area contributed by atoms with Crippen LogP contribution in [0.4, 0.5) is 11.8 Å². The van der Waals surface area contributed by atoms with Crippen LogP contribution in [0.1, 0.15) is 37.5 Å². The molecule has 134 valence electrons. The van der Waals surface area contributed by atoms with E-state index in [0.29, 0.717) is 21.2 Å². The lowest BCUT2D eigenvalue weighted by Gasteiger charge is -2.21. The van der Waals surface area contributed by atoms with Crippen molar-refractivity contribution in [2.45, 2.75) is 31.8 Å². The normalized spacial score (nSPS) is 15.2. The average Bonchev–Trinajstić information content (AvgIpc) is 3.42. The molecule has 3 N–H and O–H groups in total. The van der Waals surface area contributed by atoms with Crippen molar-refractivity contribution >= 4 is 45.7 Å². The van der Waals surface area contributed by atoms with Gasteiger partial charge in [-0.3, -0.25) is 4.79 Å². The average molecular weight is 390 g/mol. The van der Waals surface area contributed by atoms with E-state index in [1.807, 2.05) is 29.7 Å². The minimum Gasteiger partial charge on any atom is -0.368 e. The summed E-state index contributed by atoms with van der Waals surface area (Å²) in [6.45, 7) is 1.96. The van der Waals surface area contributed by atoms with Crippen molar-refractivity contribution in [1.29, 1.82) is 0 Å². The van der Waals surface area contributed by atoms with E-state index in [2.05, 4.69) is 15.3 Å². The minimum absolute atomic E-state index is 0.0625. The maximum Gasteiger partial charge on any atom is 0.260 e. The van der Waals surface area contributed by atoms with Gasteiger partial charge in [0, 0.05) is 11.7 Å². The smallest absolute Gasteiger partial charge is 0.260 e. The largest absolute Gasteiger partial charge is 0.368 e. The van der Waals surface area contributed by atoms with Gasteiger partial charge in [-0.25, -0.2) is 4.98 Å². The van der Waals surface area contributed by atoms with Gasteiger partial charge in [-0.15, -0.1) is 0 Å². The molecule has 0 amide bonds. The van der Waals surface area contributed by atoms with Gasteiger partial charge in [0.15, 0.2) is 5.82 Å². The van der Waals surface area contributed by atoms with Gasteiger partial charge >= 0.3 is 0 Å². The molecule has 1 atom stereocenters. The fourth-order valence-electron chi connectivity index (χ4n) is 3.16. The molecule has 0 radical (unpaired) electrons. The molecule has 6 nitrogen and oxygen atoms in total. The van der Waals surface area contributed by atoms with E-state index in [1.165, 1.54) is 6.20 Å². The van der Waals surface area contributed by atoms with E-state index < -0.39 is 0 Å². The number of fused-ring (bicyclic) bond motifs is 1. The van der Waals surface area contributed by atoms with Crippen LogP contribution in [0.2, 0.25) is 10.0 Å². The minimum atomic E-state index is -0.210. The second-order valence-electron chi connectivity index (χ2n) is 6.47. The zero-order valence-corrected chi connectivity index (χ0v) is 15.6. The first-order valence-corrected chi connectivity index (χ1v) is 9.09. The van der Waals surface area contributed by atoms with E-state index in [9.17, 15) is 4.79 Å². The summed E-state index contributed by atoms with van der Waals surface area (Å²) in [4.78, 5) is 21.1. The van der Waals surface area contributed by atoms with Crippen LogP contribution < -0.4 is 16.6 Å². The highest BCUT2D eigenvalue weighted by atomic mass is 35.5. The standard InChI is InChI=1S/C18H17Cl2N5O/c1-9(23-16-13(20)8-22-18(21)24-16)14-7-10-3-2-4-12(19)15(10)17(26)25(14)11-5-6-11/h2-4,7-9,11H,5-6H2,1H3,(H3,21,22,23,24)/t9-/m0/s1. The second-order valence-corrected chi connectivity index (χ2v) is 7.28. The monoisotopic (exact) mass is 389 g/mol. The van der Waals surface area contributed by atoms with Gasteiger partial charge in [-0.2, -0.15) is 4.98 Å². The topological polar surface area (TPSA) is 85.8 Å². The van der Waals surface area contributed by atoms with Crippen molar-refractivity contribution in [2.24, 2.45) is 0 Å². The van der Waals surface area contributed by atoms with E-state index >= 15 is 0 Å². The van der Waals surface area contributed by atoms with E-state index in [1.54, 1.807) is 6.07 Å². The number of hydrogen-bond donors (Lipinski definition) is 2. The van der Waals surface area contributed by atoms with E-state index in [4.69, 9.17) is 28.9 Å². The molecule has 0 spiro atoms. The number of nitrogen functional groups attached to an aromatic ring is 1. The van der Waals surface area contributed by atoms with Gasteiger partial charge in [0.1, 0.15) is 5.02 Å². The summed E-state index contributed by atoms with van der Waals surface area (Å²) < 4.78 is 1.84. The van der Waals surface area contributed by atoms with Crippen LogP contribution >= 0.6 is 23.2 Å². The van der Waals surface area contributed by atoms with E-state index in [0.717, 1.165) is 23.9 Å². The molecule has 1 fully saturated rings. The van der Waals surface area contributed by atoms with Gasteiger partial charge in [-0.1, -0.05) is 35.3 Å². The Bertz CT molecular complexity index is 1060. The van der Waals surface area contributed by atoms with Crippen LogP contribution in [0.3, 0.4) is 0 Å². The molecular formula is C18H17Cl2N5O. The Kier molecular flexibility index (Phi) is 4.25. The number of halogens is 2. The lowest BCUT2D eigenvalue weighted by Crippen LogP contribution is -2.26. The van der Waals surface area contributed by atoms with Gasteiger partial charge in [0.25, 0.3) is 5.56 Å². The fourth-order valence-corrected chi connectivity index (χ4v) is 3.57. The zero-order valence-electron chi connectivity index (χ0n) is 14.0. The van der Waals surface area contributed by atoms with E-state index in [-0.39, 0.29) is 23.6 Å². The molecule has 1 aliphatic carbocycles. The summed E-state index contributed by atoms with van der Waals surface area (Å²) in [6, 6.07) is 7.47.